The van der Waals surface area contributed by atoms with Crippen molar-refractivity contribution in [3.63, 3.8) is 0 Å². The number of nitrogens with zero attached hydrogens (tertiary/aromatic N) is 3. The first kappa shape index (κ1) is 19.6. The fourth-order valence-corrected chi connectivity index (χ4v) is 2.70. The minimum Gasteiger partial charge on any atom is -0.466 e. The number of hydrogen-bond acceptors (Lipinski definition) is 9. The van der Waals surface area contributed by atoms with Gasteiger partial charge in [-0.2, -0.15) is 0 Å². The number of nitrogens with one attached hydrogen (secondary N) is 1. The first-order valence-corrected chi connectivity index (χ1v) is 8.52. The molecule has 0 saturated carbocycles. The molecule has 2 heterocycles. The standard InChI is InChI=1S/C18H17ClN4O5/c1-26-17(24)13-9-28-10-23(16(13)18(25)27-2)12-5-3-11(4-6-12)20-15-8-7-14(19)21-22-15/h3-8H,9-10H2,1-2H3,(H,20,22). The number of carbonyl (C=O) groups is 2. The van der Waals surface area contributed by atoms with E-state index in [1.54, 1.807) is 41.3 Å². The molecule has 3 rings (SSSR count). The van der Waals surface area contributed by atoms with Gasteiger partial charge in [0.2, 0.25) is 0 Å². The maximum atomic E-state index is 12.3. The van der Waals surface area contributed by atoms with Crippen molar-refractivity contribution in [1.82, 2.24) is 10.2 Å². The van der Waals surface area contributed by atoms with E-state index in [4.69, 9.17) is 25.8 Å². The molecule has 0 bridgehead atoms. The van der Waals surface area contributed by atoms with Crippen LogP contribution in [-0.4, -0.2) is 49.7 Å². The fraction of sp³-hybridized carbons (Fsp3) is 0.222. The summed E-state index contributed by atoms with van der Waals surface area (Å²) in [6.07, 6.45) is 0. The van der Waals surface area contributed by atoms with Gasteiger partial charge in [0.15, 0.2) is 11.0 Å². The number of esters is 2. The van der Waals surface area contributed by atoms with Gasteiger partial charge in [-0.25, -0.2) is 9.59 Å². The Bertz CT molecular complexity index is 899. The molecule has 0 spiro atoms. The van der Waals surface area contributed by atoms with Crippen LogP contribution in [-0.2, 0) is 23.8 Å². The second-order valence-corrected chi connectivity index (χ2v) is 6.02. The second-order valence-electron chi connectivity index (χ2n) is 5.63. The molecular weight excluding hydrogens is 388 g/mol. The number of hydrogen-bond donors (Lipinski definition) is 1. The smallest absolute Gasteiger partial charge is 0.355 e. The van der Waals surface area contributed by atoms with Crippen LogP contribution in [0.3, 0.4) is 0 Å². The van der Waals surface area contributed by atoms with Crippen molar-refractivity contribution in [2.45, 2.75) is 0 Å². The zero-order valence-corrected chi connectivity index (χ0v) is 15.9. The number of methoxy groups -OCH3 is 2. The number of ether oxygens (including phenoxy) is 3. The van der Waals surface area contributed by atoms with Gasteiger partial charge in [0.1, 0.15) is 12.4 Å². The minimum absolute atomic E-state index is 0.0392. The molecule has 10 heteroatoms. The van der Waals surface area contributed by atoms with Gasteiger partial charge >= 0.3 is 11.9 Å². The lowest BCUT2D eigenvalue weighted by Crippen LogP contribution is -2.38. The Hall–Kier alpha value is -3.17. The van der Waals surface area contributed by atoms with Crippen LogP contribution < -0.4 is 10.2 Å². The summed E-state index contributed by atoms with van der Waals surface area (Å²) < 4.78 is 15.0. The van der Waals surface area contributed by atoms with E-state index >= 15 is 0 Å². The molecule has 1 aromatic heterocycles. The average Bonchev–Trinajstić information content (AvgIpc) is 2.74. The first-order chi connectivity index (χ1) is 13.5. The van der Waals surface area contributed by atoms with Crippen LogP contribution in [0.4, 0.5) is 17.2 Å². The number of halogens is 1. The van der Waals surface area contributed by atoms with Crippen LogP contribution in [0.15, 0.2) is 47.7 Å². The summed E-state index contributed by atoms with van der Waals surface area (Å²) >= 11 is 5.72. The Kier molecular flexibility index (Phi) is 6.07. The largest absolute Gasteiger partial charge is 0.466 e. The van der Waals surface area contributed by atoms with Gasteiger partial charge in [0.05, 0.1) is 26.4 Å². The molecule has 0 fully saturated rings. The molecule has 1 aliphatic heterocycles. The topological polar surface area (TPSA) is 103 Å². The van der Waals surface area contributed by atoms with Gasteiger partial charge in [-0.1, -0.05) is 11.6 Å². The lowest BCUT2D eigenvalue weighted by molar-refractivity contribution is -0.140. The SMILES string of the molecule is COC(=O)C1=C(C(=O)OC)N(c2ccc(Nc3ccc(Cl)nn3)cc2)COC1. The molecule has 0 atom stereocenters. The van der Waals surface area contributed by atoms with Gasteiger partial charge in [-0.15, -0.1) is 10.2 Å². The molecule has 1 N–H and O–H groups in total. The number of rotatable bonds is 5. The molecule has 1 aliphatic rings. The van der Waals surface area contributed by atoms with Gasteiger partial charge in [-0.05, 0) is 36.4 Å². The molecule has 9 nitrogen and oxygen atoms in total. The van der Waals surface area contributed by atoms with Crippen molar-refractivity contribution < 1.29 is 23.8 Å². The van der Waals surface area contributed by atoms with E-state index in [1.807, 2.05) is 0 Å². The summed E-state index contributed by atoms with van der Waals surface area (Å²) in [5.41, 5.74) is 1.56. The summed E-state index contributed by atoms with van der Waals surface area (Å²) in [4.78, 5) is 25.9. The summed E-state index contributed by atoms with van der Waals surface area (Å²) in [7, 11) is 2.49. The van der Waals surface area contributed by atoms with Crippen LogP contribution in [0, 0.1) is 0 Å². The van der Waals surface area contributed by atoms with Crippen LogP contribution in [0.25, 0.3) is 0 Å². The zero-order chi connectivity index (χ0) is 20.1. The van der Waals surface area contributed by atoms with Crippen molar-refractivity contribution in [3.8, 4) is 0 Å². The number of aromatic nitrogens is 2. The monoisotopic (exact) mass is 404 g/mol. The third-order valence-electron chi connectivity index (χ3n) is 3.92. The third-order valence-corrected chi connectivity index (χ3v) is 4.12. The number of carbonyl (C=O) groups excluding carboxylic acids is 2. The molecule has 0 amide bonds. The normalized spacial score (nSPS) is 13.9. The van der Waals surface area contributed by atoms with E-state index in [0.29, 0.717) is 16.7 Å². The molecule has 146 valence electrons. The Balaban J connectivity index is 1.87. The predicted molar refractivity (Wildman–Crippen MR) is 101 cm³/mol. The highest BCUT2D eigenvalue weighted by Gasteiger charge is 2.32. The summed E-state index contributed by atoms with van der Waals surface area (Å²) in [5, 5.41) is 11.1. The predicted octanol–water partition coefficient (Wildman–Crippen LogP) is 2.27. The third kappa shape index (κ3) is 4.21. The summed E-state index contributed by atoms with van der Waals surface area (Å²) in [6, 6.07) is 10.4. The van der Waals surface area contributed by atoms with Crippen molar-refractivity contribution in [2.75, 3.05) is 37.8 Å². The van der Waals surface area contributed by atoms with Crippen molar-refractivity contribution in [3.05, 3.63) is 52.8 Å². The van der Waals surface area contributed by atoms with E-state index in [9.17, 15) is 9.59 Å². The van der Waals surface area contributed by atoms with E-state index < -0.39 is 11.9 Å². The van der Waals surface area contributed by atoms with Gasteiger partial charge in [0, 0.05) is 11.4 Å². The lowest BCUT2D eigenvalue weighted by Gasteiger charge is -2.31. The second kappa shape index (κ2) is 8.68. The maximum Gasteiger partial charge on any atom is 0.355 e. The van der Waals surface area contributed by atoms with Crippen LogP contribution in [0.1, 0.15) is 0 Å². The number of anilines is 3. The fourth-order valence-electron chi connectivity index (χ4n) is 2.60. The highest BCUT2D eigenvalue weighted by atomic mass is 35.5. The highest BCUT2D eigenvalue weighted by Crippen LogP contribution is 2.28. The Morgan fingerprint density at radius 1 is 1.07 bits per heavy atom. The van der Waals surface area contributed by atoms with Gasteiger partial charge < -0.3 is 24.4 Å². The average molecular weight is 405 g/mol. The molecule has 2 aromatic rings. The zero-order valence-electron chi connectivity index (χ0n) is 15.1. The lowest BCUT2D eigenvalue weighted by atomic mass is 10.1. The molecule has 1 aromatic carbocycles. The quantitative estimate of drug-likeness (QED) is 0.751. The van der Waals surface area contributed by atoms with Crippen LogP contribution in [0.2, 0.25) is 5.15 Å². The van der Waals surface area contributed by atoms with Crippen molar-refractivity contribution in [1.29, 1.82) is 0 Å². The van der Waals surface area contributed by atoms with Crippen LogP contribution in [0.5, 0.6) is 0 Å². The summed E-state index contributed by atoms with van der Waals surface area (Å²) in [6.45, 7) is 0.0445. The molecule has 0 aliphatic carbocycles. The molecule has 0 saturated heterocycles. The Morgan fingerprint density at radius 2 is 1.79 bits per heavy atom. The van der Waals surface area contributed by atoms with E-state index in [-0.39, 0.29) is 24.6 Å². The van der Waals surface area contributed by atoms with Gasteiger partial charge in [-0.3, -0.25) is 0 Å². The van der Waals surface area contributed by atoms with E-state index in [2.05, 4.69) is 15.5 Å². The maximum absolute atomic E-state index is 12.3. The molecule has 0 unspecified atom stereocenters. The van der Waals surface area contributed by atoms with E-state index in [1.165, 1.54) is 14.2 Å². The Morgan fingerprint density at radius 3 is 2.39 bits per heavy atom. The van der Waals surface area contributed by atoms with Gasteiger partial charge in [0.25, 0.3) is 0 Å². The number of benzene rings is 1. The van der Waals surface area contributed by atoms with Crippen LogP contribution >= 0.6 is 11.6 Å². The summed E-state index contributed by atoms with van der Waals surface area (Å²) in [5.74, 6) is -0.770. The first-order valence-electron chi connectivity index (χ1n) is 8.15. The Labute approximate surface area is 165 Å². The highest BCUT2D eigenvalue weighted by molar-refractivity contribution is 6.29. The molecule has 28 heavy (non-hydrogen) atoms. The minimum atomic E-state index is -0.651. The molecule has 0 radical (unpaired) electrons. The van der Waals surface area contributed by atoms with Crippen molar-refractivity contribution in [2.24, 2.45) is 0 Å². The van der Waals surface area contributed by atoms with E-state index in [0.717, 1.165) is 5.69 Å². The molecular formula is C18H17ClN4O5. The van der Waals surface area contributed by atoms with Crippen molar-refractivity contribution >= 4 is 40.7 Å².